The Morgan fingerprint density at radius 3 is 1.42 bits per heavy atom. The minimum atomic E-state index is 0.560. The highest BCUT2D eigenvalue weighted by Crippen LogP contribution is 2.39. The quantitative estimate of drug-likeness (QED) is 0.184. The smallest absolute Gasteiger partial charge is 0.101 e. The van der Waals surface area contributed by atoms with Gasteiger partial charge in [-0.05, 0) is 83.9 Å². The fourth-order valence-corrected chi connectivity index (χ4v) is 8.69. The average Bonchev–Trinajstić information content (AvgIpc) is 3.88. The summed E-state index contributed by atoms with van der Waals surface area (Å²) in [5.74, 6) is 0. The normalized spacial score (nSPS) is 11.6. The van der Waals surface area contributed by atoms with E-state index in [9.17, 15) is 10.5 Å². The van der Waals surface area contributed by atoms with Crippen LogP contribution in [0, 0.1) is 22.7 Å². The van der Waals surface area contributed by atoms with Crippen molar-refractivity contribution in [3.8, 4) is 40.3 Å². The molecule has 0 radical (unpaired) electrons. The maximum atomic E-state index is 10.4. The first-order chi connectivity index (χ1) is 27.2. The summed E-state index contributed by atoms with van der Waals surface area (Å²) < 4.78 is 6.86. The van der Waals surface area contributed by atoms with Crippen molar-refractivity contribution in [3.05, 3.63) is 187 Å². The number of hydrogen-bond acceptors (Lipinski definition) is 2. The van der Waals surface area contributed by atoms with Crippen LogP contribution in [-0.2, 0) is 0 Å². The molecule has 0 aliphatic heterocycles. The standard InChI is InChI=1S/C50H29N5/c51-30-32-20-24-42-41-15-4-8-19-47(41)55(49(42)26-32)48-28-34(21-22-35(48)31-52)33-10-9-11-36(27-33)54-46-18-7-3-14-40(46)43-25-23-37(29-50(43)54)53-44-16-5-1-12-38(44)39-13-2-6-17-45(39)53/h1-29H. The third-order valence-corrected chi connectivity index (χ3v) is 11.1. The molecule has 0 spiro atoms. The molecule has 5 heteroatoms. The highest BCUT2D eigenvalue weighted by Gasteiger charge is 2.19. The summed E-state index contributed by atoms with van der Waals surface area (Å²) in [5.41, 5.74) is 12.6. The van der Waals surface area contributed by atoms with Crippen LogP contribution >= 0.6 is 0 Å². The van der Waals surface area contributed by atoms with E-state index in [0.29, 0.717) is 11.1 Å². The number of rotatable bonds is 4. The minimum Gasteiger partial charge on any atom is -0.309 e. The summed E-state index contributed by atoms with van der Waals surface area (Å²) in [4.78, 5) is 0. The molecule has 3 heterocycles. The minimum absolute atomic E-state index is 0.560. The molecule has 0 fully saturated rings. The number of hydrogen-bond donors (Lipinski definition) is 0. The van der Waals surface area contributed by atoms with Crippen molar-refractivity contribution in [1.29, 1.82) is 10.5 Å². The predicted octanol–water partition coefficient (Wildman–Crippen LogP) is 12.4. The van der Waals surface area contributed by atoms with Crippen LogP contribution in [0.25, 0.3) is 93.6 Å². The zero-order valence-corrected chi connectivity index (χ0v) is 29.5. The van der Waals surface area contributed by atoms with Gasteiger partial charge in [0.25, 0.3) is 0 Å². The van der Waals surface area contributed by atoms with Gasteiger partial charge in [-0.3, -0.25) is 0 Å². The second kappa shape index (κ2) is 11.8. The molecule has 55 heavy (non-hydrogen) atoms. The Bertz CT molecular complexity index is 3420. The first-order valence-electron chi connectivity index (χ1n) is 18.3. The van der Waals surface area contributed by atoms with Gasteiger partial charge in [-0.25, -0.2) is 0 Å². The molecule has 0 saturated heterocycles. The molecular formula is C50H29N5. The maximum Gasteiger partial charge on any atom is 0.101 e. The average molecular weight is 700 g/mol. The van der Waals surface area contributed by atoms with Crippen molar-refractivity contribution < 1.29 is 0 Å². The van der Waals surface area contributed by atoms with E-state index in [0.717, 1.165) is 61.0 Å². The lowest BCUT2D eigenvalue weighted by atomic mass is 10.0. The Kier molecular flexibility index (Phi) is 6.61. The van der Waals surface area contributed by atoms with E-state index in [2.05, 4.69) is 159 Å². The van der Waals surface area contributed by atoms with Crippen molar-refractivity contribution in [3.63, 3.8) is 0 Å². The SMILES string of the molecule is N#Cc1ccc2c3ccccc3n(-c3cc(-c4cccc(-n5c6ccccc6c6ccc(-n7c8ccccc8c8ccccc87)cc65)c4)ccc3C#N)c2c1. The largest absolute Gasteiger partial charge is 0.309 e. The van der Waals surface area contributed by atoms with E-state index >= 15 is 0 Å². The topological polar surface area (TPSA) is 62.4 Å². The van der Waals surface area contributed by atoms with Gasteiger partial charge in [-0.2, -0.15) is 10.5 Å². The second-order valence-corrected chi connectivity index (χ2v) is 14.0. The van der Waals surface area contributed by atoms with E-state index in [1.807, 2.05) is 42.5 Å². The van der Waals surface area contributed by atoms with Crippen LogP contribution in [0.1, 0.15) is 11.1 Å². The van der Waals surface area contributed by atoms with Crippen LogP contribution in [0.5, 0.6) is 0 Å². The van der Waals surface area contributed by atoms with E-state index in [-0.39, 0.29) is 0 Å². The van der Waals surface area contributed by atoms with E-state index in [4.69, 9.17) is 0 Å². The van der Waals surface area contributed by atoms with Gasteiger partial charge in [-0.1, -0.05) is 103 Å². The van der Waals surface area contributed by atoms with E-state index in [1.165, 1.54) is 32.6 Å². The molecule has 0 aliphatic rings. The van der Waals surface area contributed by atoms with Crippen molar-refractivity contribution >= 4 is 65.4 Å². The highest BCUT2D eigenvalue weighted by atomic mass is 15.0. The van der Waals surface area contributed by atoms with Crippen molar-refractivity contribution in [2.24, 2.45) is 0 Å². The molecule has 0 unspecified atom stereocenters. The van der Waals surface area contributed by atoms with E-state index in [1.54, 1.807) is 0 Å². The van der Waals surface area contributed by atoms with Crippen LogP contribution in [-0.4, -0.2) is 13.7 Å². The van der Waals surface area contributed by atoms with Crippen LogP contribution < -0.4 is 0 Å². The Morgan fingerprint density at radius 1 is 0.327 bits per heavy atom. The molecule has 0 bridgehead atoms. The molecule has 0 saturated carbocycles. The number of aromatic nitrogens is 3. The Balaban J connectivity index is 1.12. The Hall–Kier alpha value is -7.86. The second-order valence-electron chi connectivity index (χ2n) is 14.0. The monoisotopic (exact) mass is 699 g/mol. The molecule has 0 amide bonds. The van der Waals surface area contributed by atoms with Crippen molar-refractivity contribution in [2.75, 3.05) is 0 Å². The number of benzene rings is 8. The van der Waals surface area contributed by atoms with Gasteiger partial charge < -0.3 is 13.7 Å². The number of fused-ring (bicyclic) bond motifs is 9. The number of para-hydroxylation sites is 4. The molecule has 0 N–H and O–H groups in total. The Morgan fingerprint density at radius 2 is 0.818 bits per heavy atom. The summed E-state index contributed by atoms with van der Waals surface area (Å²) in [6.07, 6.45) is 0. The number of nitrogens with zero attached hydrogens (tertiary/aromatic N) is 5. The fourth-order valence-electron chi connectivity index (χ4n) is 8.69. The third kappa shape index (κ3) is 4.51. The zero-order chi connectivity index (χ0) is 36.6. The van der Waals surface area contributed by atoms with Crippen molar-refractivity contribution in [1.82, 2.24) is 13.7 Å². The fraction of sp³-hybridized carbons (Fsp3) is 0. The molecule has 0 atom stereocenters. The molecule has 254 valence electrons. The van der Waals surface area contributed by atoms with Gasteiger partial charge in [-0.15, -0.1) is 0 Å². The summed E-state index contributed by atoms with van der Waals surface area (Å²) in [6, 6.07) is 66.1. The van der Waals surface area contributed by atoms with E-state index < -0.39 is 0 Å². The van der Waals surface area contributed by atoms with Gasteiger partial charge in [0.05, 0.1) is 56.0 Å². The van der Waals surface area contributed by atoms with Gasteiger partial charge in [0.1, 0.15) is 6.07 Å². The predicted molar refractivity (Wildman–Crippen MR) is 224 cm³/mol. The maximum absolute atomic E-state index is 10.4. The molecular weight excluding hydrogens is 671 g/mol. The first kappa shape index (κ1) is 30.7. The van der Waals surface area contributed by atoms with Gasteiger partial charge in [0, 0.05) is 43.7 Å². The van der Waals surface area contributed by atoms with Gasteiger partial charge >= 0.3 is 0 Å². The molecule has 0 aliphatic carbocycles. The van der Waals surface area contributed by atoms with Gasteiger partial charge in [0.2, 0.25) is 0 Å². The third-order valence-electron chi connectivity index (χ3n) is 11.1. The zero-order valence-electron chi connectivity index (χ0n) is 29.5. The molecule has 8 aromatic carbocycles. The summed E-state index contributed by atoms with van der Waals surface area (Å²) in [6.45, 7) is 0. The Labute approximate surface area is 316 Å². The lowest BCUT2D eigenvalue weighted by Gasteiger charge is -2.14. The summed E-state index contributed by atoms with van der Waals surface area (Å²) >= 11 is 0. The van der Waals surface area contributed by atoms with Crippen LogP contribution in [0.2, 0.25) is 0 Å². The molecule has 11 rings (SSSR count). The van der Waals surface area contributed by atoms with Gasteiger partial charge in [0.15, 0.2) is 0 Å². The molecule has 3 aromatic heterocycles. The highest BCUT2D eigenvalue weighted by molar-refractivity contribution is 6.12. The van der Waals surface area contributed by atoms with Crippen molar-refractivity contribution in [2.45, 2.75) is 0 Å². The van der Waals surface area contributed by atoms with Crippen LogP contribution in [0.4, 0.5) is 0 Å². The lowest BCUT2D eigenvalue weighted by molar-refractivity contribution is 1.15. The summed E-state index contributed by atoms with van der Waals surface area (Å²) in [7, 11) is 0. The first-order valence-corrected chi connectivity index (χ1v) is 18.3. The van der Waals surface area contributed by atoms with Crippen LogP contribution in [0.3, 0.4) is 0 Å². The lowest BCUT2D eigenvalue weighted by Crippen LogP contribution is -1.99. The summed E-state index contributed by atoms with van der Waals surface area (Å²) in [5, 5.41) is 27.1. The number of nitriles is 2. The molecule has 5 nitrogen and oxygen atoms in total. The molecule has 11 aromatic rings. The van der Waals surface area contributed by atoms with Crippen LogP contribution in [0.15, 0.2) is 176 Å².